The van der Waals surface area contributed by atoms with E-state index < -0.39 is 0 Å². The highest BCUT2D eigenvalue weighted by atomic mass is 15.4. The van der Waals surface area contributed by atoms with Crippen LogP contribution in [0.2, 0.25) is 0 Å². The molecule has 3 heterocycles. The summed E-state index contributed by atoms with van der Waals surface area (Å²) in [5.74, 6) is 0.872. The van der Waals surface area contributed by atoms with E-state index in [2.05, 4.69) is 173 Å². The van der Waals surface area contributed by atoms with Crippen LogP contribution >= 0.6 is 0 Å². The van der Waals surface area contributed by atoms with Gasteiger partial charge in [-0.2, -0.15) is 0 Å². The van der Waals surface area contributed by atoms with Crippen LogP contribution in [0.5, 0.6) is 0 Å². The summed E-state index contributed by atoms with van der Waals surface area (Å²) in [5, 5.41) is 12.6. The molecule has 1 aliphatic heterocycles. The van der Waals surface area contributed by atoms with Gasteiger partial charge >= 0.3 is 0 Å². The third kappa shape index (κ3) is 4.54. The van der Waals surface area contributed by atoms with Crippen LogP contribution < -0.4 is 10.6 Å². The van der Waals surface area contributed by atoms with Crippen molar-refractivity contribution in [3.63, 3.8) is 0 Å². The Morgan fingerprint density at radius 1 is 0.583 bits per heavy atom. The highest BCUT2D eigenvalue weighted by Gasteiger charge is 2.29. The monoisotopic (exact) mass is 623 g/mol. The van der Waals surface area contributed by atoms with Gasteiger partial charge in [-0.15, -0.1) is 0 Å². The fourth-order valence-electron chi connectivity index (χ4n) is 7.50. The predicted molar refractivity (Wildman–Crippen MR) is 200 cm³/mol. The van der Waals surface area contributed by atoms with Crippen molar-refractivity contribution in [1.29, 1.82) is 0 Å². The number of rotatable bonds is 6. The number of nitrogens with zero attached hydrogens (tertiary/aromatic N) is 3. The van der Waals surface area contributed by atoms with Crippen LogP contribution in [-0.4, -0.2) is 15.0 Å². The maximum atomic E-state index is 5.45. The highest BCUT2D eigenvalue weighted by Crippen LogP contribution is 2.42. The smallest absolute Gasteiger partial charge is 0.184 e. The second-order valence-electron chi connectivity index (χ2n) is 12.7. The van der Waals surface area contributed by atoms with Crippen LogP contribution in [0.4, 0.5) is 0 Å². The maximum Gasteiger partial charge on any atom is 0.184 e. The zero-order valence-electron chi connectivity index (χ0n) is 27.2. The minimum absolute atomic E-state index is 0.141. The summed E-state index contributed by atoms with van der Waals surface area (Å²) in [6.07, 6.45) is 1.45. The van der Waals surface area contributed by atoms with Crippen LogP contribution in [0.1, 0.15) is 48.6 Å². The molecule has 2 aromatic heterocycles. The second kappa shape index (κ2) is 11.5. The van der Waals surface area contributed by atoms with E-state index in [1.807, 2.05) is 0 Å². The second-order valence-corrected chi connectivity index (χ2v) is 12.7. The van der Waals surface area contributed by atoms with Gasteiger partial charge in [-0.25, -0.2) is 4.99 Å². The largest absolute Gasteiger partial charge is 0.350 e. The Kier molecular flexibility index (Phi) is 6.87. The first-order valence-electron chi connectivity index (χ1n) is 17.0. The third-order valence-electron chi connectivity index (χ3n) is 9.92. The van der Waals surface area contributed by atoms with Crippen molar-refractivity contribution < 1.29 is 0 Å². The van der Waals surface area contributed by atoms with Gasteiger partial charge in [-0.3, -0.25) is 5.32 Å². The van der Waals surface area contributed by atoms with Gasteiger partial charge in [0.05, 0.1) is 22.1 Å². The minimum Gasteiger partial charge on any atom is -0.350 e. The van der Waals surface area contributed by atoms with Crippen LogP contribution in [0.3, 0.4) is 0 Å². The van der Waals surface area contributed by atoms with Gasteiger partial charge in [0.2, 0.25) is 0 Å². The fourth-order valence-corrected chi connectivity index (χ4v) is 7.50. The number of aryl methyl sites for hydroxylation is 2. The first-order chi connectivity index (χ1) is 23.7. The molecule has 0 spiro atoms. The Bertz CT molecular complexity index is 2470. The molecule has 2 atom stereocenters. The normalized spacial score (nSPS) is 16.5. The molecule has 234 valence electrons. The van der Waals surface area contributed by atoms with E-state index >= 15 is 0 Å². The average Bonchev–Trinajstić information content (AvgIpc) is 3.67. The SMILES string of the molecule is CCc1ccc2c(c1)c1ccc3c4cc(CC)ccc4n(C4N=C(c5ccccc5)NC(c5ccccc5)N4)c3c1n2-c1ccccc1. The van der Waals surface area contributed by atoms with Gasteiger partial charge in [0.1, 0.15) is 12.0 Å². The van der Waals surface area contributed by atoms with Gasteiger partial charge in [0, 0.05) is 32.8 Å². The number of para-hydroxylation sites is 1. The van der Waals surface area contributed by atoms with Gasteiger partial charge in [-0.05, 0) is 65.9 Å². The van der Waals surface area contributed by atoms with E-state index in [9.17, 15) is 0 Å². The molecule has 0 saturated carbocycles. The van der Waals surface area contributed by atoms with Crippen LogP contribution in [0.15, 0.2) is 145 Å². The lowest BCUT2D eigenvalue weighted by atomic mass is 10.0. The molecular formula is C43H37N5. The molecule has 5 heteroatoms. The van der Waals surface area contributed by atoms with E-state index in [4.69, 9.17) is 4.99 Å². The lowest BCUT2D eigenvalue weighted by Crippen LogP contribution is -2.46. The molecule has 6 aromatic carbocycles. The maximum absolute atomic E-state index is 5.45. The number of hydrogen-bond donors (Lipinski definition) is 2. The van der Waals surface area contributed by atoms with Gasteiger partial charge in [0.25, 0.3) is 0 Å². The third-order valence-corrected chi connectivity index (χ3v) is 9.92. The van der Waals surface area contributed by atoms with Gasteiger partial charge < -0.3 is 14.5 Å². The number of aromatic nitrogens is 2. The molecule has 48 heavy (non-hydrogen) atoms. The number of amidine groups is 1. The van der Waals surface area contributed by atoms with Crippen LogP contribution in [-0.2, 0) is 12.8 Å². The number of nitrogens with one attached hydrogen (secondary N) is 2. The Morgan fingerprint density at radius 2 is 1.17 bits per heavy atom. The van der Waals surface area contributed by atoms with E-state index in [0.717, 1.165) is 41.0 Å². The molecule has 2 unspecified atom stereocenters. The number of aliphatic imine (C=N–C) groups is 1. The van der Waals surface area contributed by atoms with Crippen molar-refractivity contribution in [2.45, 2.75) is 39.1 Å². The standard InChI is InChI=1S/C43H37N5/c1-3-28-20-24-37-35(26-28)33-22-23-34-36-27-29(4-2)21-25-38(36)48(40(34)39(33)47(37)32-18-12-7-13-19-32)43-45-41(30-14-8-5-9-15-30)44-42(46-43)31-16-10-6-11-17-31/h5-27,41,43,45H,3-4H2,1-2H3,(H,44,46). The lowest BCUT2D eigenvalue weighted by molar-refractivity contribution is 0.341. The van der Waals surface area contributed by atoms with Crippen LogP contribution in [0.25, 0.3) is 49.3 Å². The Balaban J connectivity index is 1.42. The van der Waals surface area contributed by atoms with E-state index in [1.54, 1.807) is 0 Å². The lowest BCUT2D eigenvalue weighted by Gasteiger charge is -2.33. The summed E-state index contributed by atoms with van der Waals surface area (Å²) in [6, 6.07) is 50.4. The highest BCUT2D eigenvalue weighted by molar-refractivity contribution is 6.23. The minimum atomic E-state index is -0.377. The summed E-state index contributed by atoms with van der Waals surface area (Å²) >= 11 is 0. The molecule has 0 aliphatic carbocycles. The molecule has 9 rings (SSSR count). The molecule has 0 amide bonds. The zero-order valence-corrected chi connectivity index (χ0v) is 27.2. The predicted octanol–water partition coefficient (Wildman–Crippen LogP) is 9.81. The first-order valence-corrected chi connectivity index (χ1v) is 17.0. The molecule has 0 bridgehead atoms. The summed E-state index contributed by atoms with van der Waals surface area (Å²) in [6.45, 7) is 4.46. The molecule has 2 N–H and O–H groups in total. The van der Waals surface area contributed by atoms with Crippen molar-refractivity contribution in [3.8, 4) is 5.69 Å². The first kappa shape index (κ1) is 28.6. The number of fused-ring (bicyclic) bond motifs is 7. The van der Waals surface area contributed by atoms with Crippen molar-refractivity contribution in [2.75, 3.05) is 0 Å². The molecule has 0 radical (unpaired) electrons. The van der Waals surface area contributed by atoms with Crippen molar-refractivity contribution >= 4 is 49.4 Å². The fraction of sp³-hybridized carbons (Fsp3) is 0.140. The molecule has 1 aliphatic rings. The summed E-state index contributed by atoms with van der Waals surface area (Å²) < 4.78 is 4.91. The topological polar surface area (TPSA) is 46.3 Å². The summed E-state index contributed by atoms with van der Waals surface area (Å²) in [5.41, 5.74) is 10.8. The average molecular weight is 624 g/mol. The van der Waals surface area contributed by atoms with Crippen molar-refractivity contribution in [1.82, 2.24) is 19.8 Å². The van der Waals surface area contributed by atoms with Gasteiger partial charge in [-0.1, -0.05) is 117 Å². The molecular weight excluding hydrogens is 587 g/mol. The molecule has 0 saturated heterocycles. The van der Waals surface area contributed by atoms with Crippen molar-refractivity contribution in [2.24, 2.45) is 4.99 Å². The zero-order chi connectivity index (χ0) is 32.2. The van der Waals surface area contributed by atoms with Crippen molar-refractivity contribution in [3.05, 3.63) is 162 Å². The van der Waals surface area contributed by atoms with E-state index in [0.29, 0.717) is 0 Å². The number of hydrogen-bond acceptors (Lipinski definition) is 3. The molecule has 8 aromatic rings. The summed E-state index contributed by atoms with van der Waals surface area (Å²) in [4.78, 5) is 5.45. The van der Waals surface area contributed by atoms with E-state index in [1.165, 1.54) is 49.2 Å². The Hall–Kier alpha value is -5.65. The quantitative estimate of drug-likeness (QED) is 0.194. The molecule has 0 fully saturated rings. The molecule has 5 nitrogen and oxygen atoms in total. The van der Waals surface area contributed by atoms with Gasteiger partial charge in [0.15, 0.2) is 6.29 Å². The van der Waals surface area contributed by atoms with E-state index in [-0.39, 0.29) is 12.5 Å². The van der Waals surface area contributed by atoms with Crippen LogP contribution in [0, 0.1) is 0 Å². The number of benzene rings is 6. The Morgan fingerprint density at radius 3 is 1.83 bits per heavy atom. The summed E-state index contributed by atoms with van der Waals surface area (Å²) in [7, 11) is 0. The Labute approximate surface area is 280 Å².